The molecule has 1 aromatic rings. The summed E-state index contributed by atoms with van der Waals surface area (Å²) in [6, 6.07) is 3.83. The molecule has 0 aliphatic carbocycles. The molecule has 1 rings (SSSR count). The molecule has 0 aliphatic heterocycles. The summed E-state index contributed by atoms with van der Waals surface area (Å²) in [7, 11) is 0. The Morgan fingerprint density at radius 2 is 2.33 bits per heavy atom. The fourth-order valence-electron chi connectivity index (χ4n) is 1.40. The maximum Gasteiger partial charge on any atom is 0.0931 e. The summed E-state index contributed by atoms with van der Waals surface area (Å²) in [5.74, 6) is 0. The van der Waals surface area contributed by atoms with Gasteiger partial charge in [-0.1, -0.05) is 6.08 Å². The molecule has 0 radical (unpaired) electrons. The Balaban J connectivity index is 2.81. The largest absolute Gasteiger partial charge is 0.387 e. The Hall–Kier alpha value is -1.35. The van der Waals surface area contributed by atoms with Crippen LogP contribution in [0.1, 0.15) is 25.6 Å². The molecule has 1 atom stereocenters. The monoisotopic (exact) mass is 206 g/mol. The number of aliphatic hydroxyl groups excluding tert-OH is 1. The van der Waals surface area contributed by atoms with Gasteiger partial charge in [0.2, 0.25) is 0 Å². The molecule has 1 aromatic heterocycles. The minimum absolute atomic E-state index is 0.506. The third-order valence-electron chi connectivity index (χ3n) is 2.30. The van der Waals surface area contributed by atoms with Crippen molar-refractivity contribution in [1.82, 2.24) is 4.98 Å². The molecule has 0 aliphatic rings. The molecule has 0 amide bonds. The van der Waals surface area contributed by atoms with E-state index in [4.69, 9.17) is 0 Å². The van der Waals surface area contributed by atoms with E-state index >= 15 is 0 Å². The molecule has 0 bridgehead atoms. The Morgan fingerprint density at radius 3 is 2.73 bits per heavy atom. The van der Waals surface area contributed by atoms with Crippen LogP contribution in [0.5, 0.6) is 0 Å². The van der Waals surface area contributed by atoms with Crippen molar-refractivity contribution in [1.29, 1.82) is 0 Å². The van der Waals surface area contributed by atoms with Gasteiger partial charge in [-0.3, -0.25) is 4.98 Å². The Labute approximate surface area is 91.1 Å². The lowest BCUT2D eigenvalue weighted by molar-refractivity contribution is 0.194. The average molecular weight is 206 g/mol. The molecule has 15 heavy (non-hydrogen) atoms. The molecule has 0 unspecified atom stereocenters. The lowest BCUT2D eigenvalue weighted by atomic mass is 10.2. The molecular formula is C12H18N2O. The molecular weight excluding hydrogens is 188 g/mol. The van der Waals surface area contributed by atoms with Crippen LogP contribution in [-0.4, -0.2) is 23.2 Å². The number of anilines is 1. The lowest BCUT2D eigenvalue weighted by Gasteiger charge is -2.21. The van der Waals surface area contributed by atoms with Crippen LogP contribution in [-0.2, 0) is 0 Å². The maximum absolute atomic E-state index is 9.32. The van der Waals surface area contributed by atoms with Gasteiger partial charge >= 0.3 is 0 Å². The summed E-state index contributed by atoms with van der Waals surface area (Å²) in [4.78, 5) is 6.36. The van der Waals surface area contributed by atoms with Crippen molar-refractivity contribution in [3.8, 4) is 0 Å². The van der Waals surface area contributed by atoms with Crippen LogP contribution >= 0.6 is 0 Å². The number of likely N-dealkylation sites (N-methyl/N-ethyl adjacent to an activating group) is 1. The molecule has 0 saturated heterocycles. The Kier molecular flexibility index (Phi) is 4.31. The fourth-order valence-corrected chi connectivity index (χ4v) is 1.40. The van der Waals surface area contributed by atoms with E-state index in [9.17, 15) is 5.11 Å². The minimum Gasteiger partial charge on any atom is -0.387 e. The van der Waals surface area contributed by atoms with Crippen molar-refractivity contribution in [2.45, 2.75) is 20.0 Å². The summed E-state index contributed by atoms with van der Waals surface area (Å²) in [6.45, 7) is 9.25. The van der Waals surface area contributed by atoms with Crippen LogP contribution in [0.4, 0.5) is 5.69 Å². The molecule has 3 heteroatoms. The van der Waals surface area contributed by atoms with E-state index in [-0.39, 0.29) is 0 Å². The van der Waals surface area contributed by atoms with E-state index in [1.807, 2.05) is 18.2 Å². The van der Waals surface area contributed by atoms with Crippen molar-refractivity contribution in [2.24, 2.45) is 0 Å². The van der Waals surface area contributed by atoms with E-state index in [0.717, 1.165) is 18.8 Å². The summed E-state index contributed by atoms with van der Waals surface area (Å²) < 4.78 is 0. The number of hydrogen-bond acceptors (Lipinski definition) is 3. The van der Waals surface area contributed by atoms with E-state index in [2.05, 4.69) is 23.4 Å². The molecule has 0 fully saturated rings. The zero-order valence-electron chi connectivity index (χ0n) is 9.35. The Bertz CT molecular complexity index is 306. The highest BCUT2D eigenvalue weighted by Gasteiger charge is 2.05. The third-order valence-corrected chi connectivity index (χ3v) is 2.30. The number of hydrogen-bond donors (Lipinski definition) is 1. The van der Waals surface area contributed by atoms with Crippen molar-refractivity contribution in [3.05, 3.63) is 36.7 Å². The quantitative estimate of drug-likeness (QED) is 0.750. The highest BCUT2D eigenvalue weighted by Crippen LogP contribution is 2.15. The molecule has 3 nitrogen and oxygen atoms in total. The van der Waals surface area contributed by atoms with Gasteiger partial charge in [0.05, 0.1) is 23.7 Å². The van der Waals surface area contributed by atoms with Crippen LogP contribution in [0.3, 0.4) is 0 Å². The zero-order chi connectivity index (χ0) is 11.3. The van der Waals surface area contributed by atoms with Crippen LogP contribution < -0.4 is 4.90 Å². The molecule has 82 valence electrons. The second-order valence-electron chi connectivity index (χ2n) is 3.44. The SMILES string of the molecule is C=CCN(CC)c1ccc([C@@H](C)O)nc1. The second kappa shape index (κ2) is 5.51. The molecule has 1 N–H and O–H groups in total. The van der Waals surface area contributed by atoms with Gasteiger partial charge in [-0.05, 0) is 26.0 Å². The van der Waals surface area contributed by atoms with Gasteiger partial charge in [-0.2, -0.15) is 0 Å². The van der Waals surface area contributed by atoms with Gasteiger partial charge in [0, 0.05) is 13.1 Å². The number of aromatic nitrogens is 1. The summed E-state index contributed by atoms with van der Waals surface area (Å²) in [5, 5.41) is 9.32. The normalized spacial score (nSPS) is 12.2. The van der Waals surface area contributed by atoms with Crippen molar-refractivity contribution >= 4 is 5.69 Å². The number of pyridine rings is 1. The second-order valence-corrected chi connectivity index (χ2v) is 3.44. The fraction of sp³-hybridized carbons (Fsp3) is 0.417. The van der Waals surface area contributed by atoms with Crippen molar-refractivity contribution in [2.75, 3.05) is 18.0 Å². The van der Waals surface area contributed by atoms with Gasteiger partial charge < -0.3 is 10.0 Å². The van der Waals surface area contributed by atoms with Crippen LogP contribution in [0.2, 0.25) is 0 Å². The van der Waals surface area contributed by atoms with Crippen LogP contribution in [0.15, 0.2) is 31.0 Å². The molecule has 0 aromatic carbocycles. The summed E-state index contributed by atoms with van der Waals surface area (Å²) in [5.41, 5.74) is 1.76. The van der Waals surface area contributed by atoms with Crippen LogP contribution in [0.25, 0.3) is 0 Å². The van der Waals surface area contributed by atoms with Crippen molar-refractivity contribution in [3.63, 3.8) is 0 Å². The Morgan fingerprint density at radius 1 is 1.60 bits per heavy atom. The maximum atomic E-state index is 9.32. The molecule has 0 saturated carbocycles. The predicted octanol–water partition coefficient (Wildman–Crippen LogP) is 2.15. The van der Waals surface area contributed by atoms with Crippen LogP contribution in [0, 0.1) is 0 Å². The van der Waals surface area contributed by atoms with E-state index in [1.165, 1.54) is 0 Å². The van der Waals surface area contributed by atoms with E-state index in [0.29, 0.717) is 5.69 Å². The third kappa shape index (κ3) is 3.06. The highest BCUT2D eigenvalue weighted by molar-refractivity contribution is 5.45. The van der Waals surface area contributed by atoms with Gasteiger partial charge in [-0.25, -0.2) is 0 Å². The highest BCUT2D eigenvalue weighted by atomic mass is 16.3. The number of nitrogens with zero attached hydrogens (tertiary/aromatic N) is 2. The van der Waals surface area contributed by atoms with Crippen molar-refractivity contribution < 1.29 is 5.11 Å². The zero-order valence-corrected chi connectivity index (χ0v) is 9.35. The first-order chi connectivity index (χ1) is 7.19. The lowest BCUT2D eigenvalue weighted by Crippen LogP contribution is -2.22. The first-order valence-electron chi connectivity index (χ1n) is 5.19. The predicted molar refractivity (Wildman–Crippen MR) is 63.0 cm³/mol. The number of rotatable bonds is 5. The smallest absolute Gasteiger partial charge is 0.0931 e. The minimum atomic E-state index is -0.506. The topological polar surface area (TPSA) is 36.4 Å². The number of aliphatic hydroxyl groups is 1. The van der Waals surface area contributed by atoms with Gasteiger partial charge in [0.1, 0.15) is 0 Å². The summed E-state index contributed by atoms with van der Waals surface area (Å²) in [6.07, 6.45) is 3.15. The first-order valence-corrected chi connectivity index (χ1v) is 5.19. The van der Waals surface area contributed by atoms with E-state index < -0.39 is 6.10 Å². The van der Waals surface area contributed by atoms with E-state index in [1.54, 1.807) is 13.1 Å². The average Bonchev–Trinajstić information content (AvgIpc) is 2.26. The molecule has 0 spiro atoms. The molecule has 1 heterocycles. The standard InChI is InChI=1S/C12H18N2O/c1-4-8-14(5-2)11-6-7-12(10(3)15)13-9-11/h4,6-7,9-10,15H,1,5,8H2,2-3H3/t10-/m1/s1. The first kappa shape index (κ1) is 11.7. The van der Waals surface area contributed by atoms with Gasteiger partial charge in [-0.15, -0.1) is 6.58 Å². The van der Waals surface area contributed by atoms with Gasteiger partial charge in [0.15, 0.2) is 0 Å². The summed E-state index contributed by atoms with van der Waals surface area (Å²) >= 11 is 0. The van der Waals surface area contributed by atoms with Gasteiger partial charge in [0.25, 0.3) is 0 Å².